The molecular formula is C21H22N2O6. The molecule has 0 aliphatic heterocycles. The van der Waals surface area contributed by atoms with Gasteiger partial charge >= 0.3 is 11.9 Å². The fourth-order valence-electron chi connectivity index (χ4n) is 2.64. The second kappa shape index (κ2) is 10.0. The number of hydrogen-bond donors (Lipinski definition) is 1. The maximum Gasteiger partial charge on any atom is 0.340 e. The van der Waals surface area contributed by atoms with E-state index in [1.807, 2.05) is 0 Å². The zero-order valence-corrected chi connectivity index (χ0v) is 16.4. The van der Waals surface area contributed by atoms with E-state index in [1.54, 1.807) is 43.3 Å². The molecule has 0 atom stereocenters. The summed E-state index contributed by atoms with van der Waals surface area (Å²) in [4.78, 5) is 49.7. The fraction of sp³-hybridized carbons (Fsp3) is 0.238. The van der Waals surface area contributed by atoms with Gasteiger partial charge in [-0.3, -0.25) is 9.59 Å². The highest BCUT2D eigenvalue weighted by Gasteiger charge is 2.22. The average molecular weight is 398 g/mol. The van der Waals surface area contributed by atoms with E-state index in [9.17, 15) is 19.2 Å². The SMILES string of the molecule is CCOC(=O)c1ccccc1N(CC(=O)Nc1cccc(C(=O)OC)c1)C(C)=O. The molecule has 0 aliphatic rings. The lowest BCUT2D eigenvalue weighted by molar-refractivity contribution is -0.120. The van der Waals surface area contributed by atoms with Gasteiger partial charge in [0.05, 0.1) is 30.5 Å². The number of carbonyl (C=O) groups excluding carboxylic acids is 4. The molecule has 2 aromatic carbocycles. The molecule has 0 unspecified atom stereocenters. The molecule has 2 amide bonds. The smallest absolute Gasteiger partial charge is 0.340 e. The lowest BCUT2D eigenvalue weighted by Gasteiger charge is -2.23. The number of amides is 2. The van der Waals surface area contributed by atoms with E-state index in [0.29, 0.717) is 5.69 Å². The molecule has 0 fully saturated rings. The van der Waals surface area contributed by atoms with Crippen molar-refractivity contribution in [3.8, 4) is 0 Å². The van der Waals surface area contributed by atoms with Gasteiger partial charge in [0.25, 0.3) is 0 Å². The predicted molar refractivity (Wildman–Crippen MR) is 107 cm³/mol. The van der Waals surface area contributed by atoms with Crippen molar-refractivity contribution in [3.63, 3.8) is 0 Å². The van der Waals surface area contributed by atoms with Crippen molar-refractivity contribution in [1.29, 1.82) is 0 Å². The second-order valence-electron chi connectivity index (χ2n) is 5.96. The van der Waals surface area contributed by atoms with E-state index >= 15 is 0 Å². The van der Waals surface area contributed by atoms with Crippen molar-refractivity contribution in [1.82, 2.24) is 0 Å². The highest BCUT2D eigenvalue weighted by Crippen LogP contribution is 2.22. The molecule has 8 heteroatoms. The van der Waals surface area contributed by atoms with Crippen molar-refractivity contribution in [2.24, 2.45) is 0 Å². The first-order valence-corrected chi connectivity index (χ1v) is 8.89. The first kappa shape index (κ1) is 21.6. The molecule has 152 valence electrons. The largest absolute Gasteiger partial charge is 0.465 e. The molecule has 0 aromatic heterocycles. The van der Waals surface area contributed by atoms with E-state index in [4.69, 9.17) is 4.74 Å². The molecule has 0 saturated carbocycles. The number of para-hydroxylation sites is 1. The van der Waals surface area contributed by atoms with Gasteiger partial charge in [0, 0.05) is 12.6 Å². The molecular weight excluding hydrogens is 376 g/mol. The van der Waals surface area contributed by atoms with Crippen molar-refractivity contribution >= 4 is 35.1 Å². The van der Waals surface area contributed by atoms with E-state index in [1.165, 1.54) is 31.1 Å². The van der Waals surface area contributed by atoms with Crippen LogP contribution in [0.15, 0.2) is 48.5 Å². The third kappa shape index (κ3) is 5.65. The standard InChI is InChI=1S/C21H22N2O6/c1-4-29-21(27)17-10-5-6-11-18(17)23(14(2)24)13-19(25)22-16-9-7-8-15(12-16)20(26)28-3/h5-12H,4,13H2,1-3H3,(H,22,25). The molecule has 0 radical (unpaired) electrons. The molecule has 2 rings (SSSR count). The summed E-state index contributed by atoms with van der Waals surface area (Å²) in [6.45, 7) is 2.84. The van der Waals surface area contributed by atoms with Crippen LogP contribution < -0.4 is 10.2 Å². The third-order valence-electron chi connectivity index (χ3n) is 3.94. The van der Waals surface area contributed by atoms with E-state index in [-0.39, 0.29) is 30.0 Å². The van der Waals surface area contributed by atoms with Crippen LogP contribution in [0.2, 0.25) is 0 Å². The summed E-state index contributed by atoms with van der Waals surface area (Å²) in [5, 5.41) is 2.63. The Morgan fingerprint density at radius 3 is 2.38 bits per heavy atom. The third-order valence-corrected chi connectivity index (χ3v) is 3.94. The Kier molecular flexibility index (Phi) is 7.47. The number of rotatable bonds is 7. The quantitative estimate of drug-likeness (QED) is 0.720. The summed E-state index contributed by atoms with van der Waals surface area (Å²) in [5.74, 6) is -2.03. The zero-order valence-electron chi connectivity index (χ0n) is 16.4. The van der Waals surface area contributed by atoms with Crippen LogP contribution in [-0.2, 0) is 19.1 Å². The van der Waals surface area contributed by atoms with E-state index in [2.05, 4.69) is 10.1 Å². The van der Waals surface area contributed by atoms with Gasteiger partial charge in [-0.25, -0.2) is 9.59 Å². The van der Waals surface area contributed by atoms with Gasteiger partial charge in [0.15, 0.2) is 0 Å². The van der Waals surface area contributed by atoms with Crippen LogP contribution in [0.3, 0.4) is 0 Å². The first-order valence-electron chi connectivity index (χ1n) is 8.89. The number of methoxy groups -OCH3 is 1. The molecule has 29 heavy (non-hydrogen) atoms. The molecule has 8 nitrogen and oxygen atoms in total. The molecule has 0 spiro atoms. The zero-order chi connectivity index (χ0) is 21.4. The fourth-order valence-corrected chi connectivity index (χ4v) is 2.64. The van der Waals surface area contributed by atoms with Crippen LogP contribution in [0, 0.1) is 0 Å². The number of anilines is 2. The second-order valence-corrected chi connectivity index (χ2v) is 5.96. The van der Waals surface area contributed by atoms with Gasteiger partial charge in [0.2, 0.25) is 11.8 Å². The molecule has 2 aromatic rings. The number of ether oxygens (including phenoxy) is 2. The number of hydrogen-bond acceptors (Lipinski definition) is 6. The molecule has 0 heterocycles. The maximum atomic E-state index is 12.5. The minimum atomic E-state index is -0.583. The van der Waals surface area contributed by atoms with Crippen LogP contribution in [0.25, 0.3) is 0 Å². The van der Waals surface area contributed by atoms with Crippen molar-refractivity contribution in [2.45, 2.75) is 13.8 Å². The van der Waals surface area contributed by atoms with Crippen molar-refractivity contribution < 1.29 is 28.7 Å². The minimum absolute atomic E-state index is 0.185. The Labute approximate surface area is 168 Å². The maximum absolute atomic E-state index is 12.5. The monoisotopic (exact) mass is 398 g/mol. The lowest BCUT2D eigenvalue weighted by Crippen LogP contribution is -2.37. The summed E-state index contributed by atoms with van der Waals surface area (Å²) in [5.41, 5.74) is 1.11. The lowest BCUT2D eigenvalue weighted by atomic mass is 10.1. The number of nitrogens with one attached hydrogen (secondary N) is 1. The normalized spacial score (nSPS) is 10.0. The van der Waals surface area contributed by atoms with Crippen molar-refractivity contribution in [3.05, 3.63) is 59.7 Å². The summed E-state index contributed by atoms with van der Waals surface area (Å²) < 4.78 is 9.68. The van der Waals surface area contributed by atoms with Crippen LogP contribution >= 0.6 is 0 Å². The highest BCUT2D eigenvalue weighted by molar-refractivity contribution is 6.06. The van der Waals surface area contributed by atoms with Crippen LogP contribution in [-0.4, -0.2) is 44.0 Å². The number of esters is 2. The Hall–Kier alpha value is -3.68. The molecule has 0 saturated heterocycles. The Morgan fingerprint density at radius 1 is 1.00 bits per heavy atom. The number of nitrogens with zero attached hydrogens (tertiary/aromatic N) is 1. The molecule has 1 N–H and O–H groups in total. The van der Waals surface area contributed by atoms with Crippen molar-refractivity contribution in [2.75, 3.05) is 30.5 Å². The summed E-state index contributed by atoms with van der Waals surface area (Å²) in [6, 6.07) is 12.6. The first-order chi connectivity index (χ1) is 13.9. The Balaban J connectivity index is 2.22. The average Bonchev–Trinajstić information content (AvgIpc) is 2.71. The van der Waals surface area contributed by atoms with E-state index < -0.39 is 23.8 Å². The number of carbonyl (C=O) groups is 4. The van der Waals surface area contributed by atoms with Gasteiger partial charge < -0.3 is 19.7 Å². The van der Waals surface area contributed by atoms with Gasteiger partial charge in [0.1, 0.15) is 6.54 Å². The highest BCUT2D eigenvalue weighted by atomic mass is 16.5. The predicted octanol–water partition coefficient (Wildman–Crippen LogP) is 2.64. The van der Waals surface area contributed by atoms with Crippen LogP contribution in [0.4, 0.5) is 11.4 Å². The van der Waals surface area contributed by atoms with Crippen LogP contribution in [0.1, 0.15) is 34.6 Å². The van der Waals surface area contributed by atoms with Crippen LogP contribution in [0.5, 0.6) is 0 Å². The van der Waals surface area contributed by atoms with Gasteiger partial charge in [-0.1, -0.05) is 18.2 Å². The van der Waals surface area contributed by atoms with Gasteiger partial charge in [-0.15, -0.1) is 0 Å². The minimum Gasteiger partial charge on any atom is -0.465 e. The summed E-state index contributed by atoms with van der Waals surface area (Å²) >= 11 is 0. The summed E-state index contributed by atoms with van der Waals surface area (Å²) in [7, 11) is 1.26. The number of benzene rings is 2. The van der Waals surface area contributed by atoms with E-state index in [0.717, 1.165) is 0 Å². The Bertz CT molecular complexity index is 925. The summed E-state index contributed by atoms with van der Waals surface area (Å²) in [6.07, 6.45) is 0. The van der Waals surface area contributed by atoms with Gasteiger partial charge in [-0.05, 0) is 37.3 Å². The molecule has 0 aliphatic carbocycles. The topological polar surface area (TPSA) is 102 Å². The van der Waals surface area contributed by atoms with Gasteiger partial charge in [-0.2, -0.15) is 0 Å². The Morgan fingerprint density at radius 2 is 1.72 bits per heavy atom. The molecule has 0 bridgehead atoms.